The Kier molecular flexibility index (Phi) is 8.51. The van der Waals surface area contributed by atoms with Crippen molar-refractivity contribution in [3.8, 4) is 5.75 Å². The fourth-order valence-corrected chi connectivity index (χ4v) is 2.85. The molecule has 27 heavy (non-hydrogen) atoms. The van der Waals surface area contributed by atoms with E-state index in [1.807, 2.05) is 60.7 Å². The molecule has 6 heteroatoms. The van der Waals surface area contributed by atoms with E-state index >= 15 is 0 Å². The second-order valence-electron chi connectivity index (χ2n) is 5.82. The van der Waals surface area contributed by atoms with Gasteiger partial charge in [0.15, 0.2) is 0 Å². The van der Waals surface area contributed by atoms with E-state index in [1.165, 1.54) is 0 Å². The van der Waals surface area contributed by atoms with Gasteiger partial charge in [0.25, 0.3) is 0 Å². The molecule has 1 aromatic heterocycles. The van der Waals surface area contributed by atoms with Crippen LogP contribution < -0.4 is 4.74 Å². The number of rotatable bonds is 7. The van der Waals surface area contributed by atoms with Crippen LogP contribution in [0.5, 0.6) is 5.75 Å². The maximum atomic E-state index is 10.5. The van der Waals surface area contributed by atoms with Crippen LogP contribution in [0.2, 0.25) is 0 Å². The number of carboxylic acid groups (broad SMARTS) is 1. The first kappa shape index (κ1) is 21.6. The first-order valence-electron chi connectivity index (χ1n) is 8.29. The van der Waals surface area contributed by atoms with Crippen molar-refractivity contribution in [2.45, 2.75) is 12.8 Å². The number of fused-ring (bicyclic) bond motifs is 1. The van der Waals surface area contributed by atoms with Gasteiger partial charge in [-0.2, -0.15) is 0 Å². The van der Waals surface area contributed by atoms with Gasteiger partial charge in [-0.1, -0.05) is 46.3 Å². The zero-order chi connectivity index (χ0) is 18.4. The molecule has 3 aromatic rings. The van der Waals surface area contributed by atoms with Crippen LogP contribution >= 0.6 is 15.9 Å². The van der Waals surface area contributed by atoms with Crippen molar-refractivity contribution < 1.29 is 14.6 Å². The molecule has 0 aliphatic heterocycles. The van der Waals surface area contributed by atoms with Gasteiger partial charge in [-0.15, -0.1) is 0 Å². The number of pyridine rings is 1. The van der Waals surface area contributed by atoms with E-state index < -0.39 is 5.97 Å². The van der Waals surface area contributed by atoms with Crippen LogP contribution in [-0.4, -0.2) is 52.2 Å². The van der Waals surface area contributed by atoms with Gasteiger partial charge in [-0.05, 0) is 48.4 Å². The average molecular weight is 436 g/mol. The summed E-state index contributed by atoms with van der Waals surface area (Å²) < 4.78 is 6.61. The van der Waals surface area contributed by atoms with Gasteiger partial charge in [-0.25, -0.2) is 4.98 Å². The monoisotopic (exact) mass is 435 g/mol. The van der Waals surface area contributed by atoms with Gasteiger partial charge in [0.1, 0.15) is 5.75 Å². The Morgan fingerprint density at radius 2 is 1.93 bits per heavy atom. The summed E-state index contributed by atoms with van der Waals surface area (Å²) in [6.07, 6.45) is 4.55. The number of aromatic nitrogens is 1. The second kappa shape index (κ2) is 10.6. The number of benzene rings is 2. The third-order valence-corrected chi connectivity index (χ3v) is 4.28. The minimum atomic E-state index is -0.805. The first-order valence-corrected chi connectivity index (χ1v) is 9.08. The van der Waals surface area contributed by atoms with Crippen molar-refractivity contribution >= 4 is 74.5 Å². The van der Waals surface area contributed by atoms with E-state index in [-0.39, 0.29) is 36.0 Å². The zero-order valence-corrected chi connectivity index (χ0v) is 15.6. The van der Waals surface area contributed by atoms with Crippen molar-refractivity contribution in [1.29, 1.82) is 0 Å². The Morgan fingerprint density at radius 1 is 1.11 bits per heavy atom. The molecule has 3 rings (SSSR count). The van der Waals surface area contributed by atoms with E-state index in [9.17, 15) is 4.79 Å². The molecule has 0 bridgehead atoms. The summed E-state index contributed by atoms with van der Waals surface area (Å²) in [6, 6.07) is 17.8. The summed E-state index contributed by atoms with van der Waals surface area (Å²) >= 11 is 3.47. The molecule has 0 saturated heterocycles. The fourth-order valence-electron chi connectivity index (χ4n) is 2.50. The number of carbonyl (C=O) groups is 1. The molecular formula is C21H19BrNNaO3. The summed E-state index contributed by atoms with van der Waals surface area (Å²) in [6.45, 7) is 0.389. The van der Waals surface area contributed by atoms with Crippen molar-refractivity contribution in [2.75, 3.05) is 6.61 Å². The summed E-state index contributed by atoms with van der Waals surface area (Å²) in [7, 11) is 0. The Hall–Kier alpha value is -1.66. The predicted molar refractivity (Wildman–Crippen MR) is 114 cm³/mol. The zero-order valence-electron chi connectivity index (χ0n) is 14.1. The molecule has 2 aromatic carbocycles. The van der Waals surface area contributed by atoms with Crippen molar-refractivity contribution in [1.82, 2.24) is 4.98 Å². The Bertz CT molecular complexity index is 959. The van der Waals surface area contributed by atoms with E-state index in [4.69, 9.17) is 9.84 Å². The number of halogens is 1. The topological polar surface area (TPSA) is 59.4 Å². The molecule has 0 radical (unpaired) electrons. The van der Waals surface area contributed by atoms with Crippen LogP contribution in [0.4, 0.5) is 0 Å². The van der Waals surface area contributed by atoms with Crippen LogP contribution in [0, 0.1) is 0 Å². The molecule has 0 amide bonds. The Morgan fingerprint density at radius 3 is 2.74 bits per heavy atom. The molecule has 0 saturated carbocycles. The standard InChI is InChI=1S/C21H18BrNO3.Na.H/c22-17-9-7-16-8-11-18(23-20(16)14-17)10-6-15-3-1-4-19(13-15)26-12-2-5-21(24)25;;/h1,3-4,6-11,13-14H,2,5,12H2,(H,24,25);;/b10-6+;;. The maximum absolute atomic E-state index is 10.5. The van der Waals surface area contributed by atoms with Gasteiger partial charge in [-0.3, -0.25) is 4.79 Å². The van der Waals surface area contributed by atoms with Gasteiger partial charge < -0.3 is 9.84 Å². The fraction of sp³-hybridized carbons (Fsp3) is 0.143. The van der Waals surface area contributed by atoms with Crippen molar-refractivity contribution in [3.63, 3.8) is 0 Å². The van der Waals surface area contributed by atoms with E-state index in [2.05, 4.69) is 27.0 Å². The van der Waals surface area contributed by atoms with Crippen LogP contribution in [0.3, 0.4) is 0 Å². The molecule has 4 nitrogen and oxygen atoms in total. The molecule has 0 unspecified atom stereocenters. The normalized spacial score (nSPS) is 10.7. The predicted octanol–water partition coefficient (Wildman–Crippen LogP) is 4.76. The minimum absolute atomic E-state index is 0. The molecule has 0 spiro atoms. The van der Waals surface area contributed by atoms with Crippen LogP contribution in [0.1, 0.15) is 24.1 Å². The first-order chi connectivity index (χ1) is 12.6. The quantitative estimate of drug-likeness (QED) is 0.429. The second-order valence-corrected chi connectivity index (χ2v) is 6.74. The van der Waals surface area contributed by atoms with Gasteiger partial charge in [0, 0.05) is 16.3 Å². The number of hydrogen-bond acceptors (Lipinski definition) is 3. The SMILES string of the molecule is O=C(O)CCCOc1cccc(/C=C/c2ccc3ccc(Br)cc3n2)c1.[NaH]. The molecule has 0 aliphatic rings. The van der Waals surface area contributed by atoms with Gasteiger partial charge in [0.05, 0.1) is 17.8 Å². The van der Waals surface area contributed by atoms with E-state index in [0.29, 0.717) is 13.0 Å². The third-order valence-electron chi connectivity index (χ3n) is 3.78. The number of aliphatic carboxylic acids is 1. The van der Waals surface area contributed by atoms with E-state index in [1.54, 1.807) is 0 Å². The summed E-state index contributed by atoms with van der Waals surface area (Å²) in [5, 5.41) is 9.74. The third kappa shape index (κ3) is 6.78. The molecule has 1 N–H and O–H groups in total. The average Bonchev–Trinajstić information content (AvgIpc) is 2.63. The Labute approximate surface area is 188 Å². The molecule has 0 fully saturated rings. The summed E-state index contributed by atoms with van der Waals surface area (Å²) in [4.78, 5) is 15.2. The van der Waals surface area contributed by atoms with Crippen LogP contribution in [0.25, 0.3) is 23.1 Å². The molecule has 1 heterocycles. The van der Waals surface area contributed by atoms with Crippen LogP contribution in [-0.2, 0) is 4.79 Å². The van der Waals surface area contributed by atoms with Crippen molar-refractivity contribution in [2.24, 2.45) is 0 Å². The van der Waals surface area contributed by atoms with Gasteiger partial charge in [0.2, 0.25) is 0 Å². The summed E-state index contributed by atoms with van der Waals surface area (Å²) in [5.74, 6) is -0.0758. The number of ether oxygens (including phenoxy) is 1. The summed E-state index contributed by atoms with van der Waals surface area (Å²) in [5.41, 5.74) is 2.82. The molecule has 0 aliphatic carbocycles. The molecule has 134 valence electrons. The number of nitrogens with zero attached hydrogens (tertiary/aromatic N) is 1. The van der Waals surface area contributed by atoms with Gasteiger partial charge >= 0.3 is 35.5 Å². The van der Waals surface area contributed by atoms with Crippen LogP contribution in [0.15, 0.2) is 59.1 Å². The number of hydrogen-bond donors (Lipinski definition) is 1. The van der Waals surface area contributed by atoms with E-state index in [0.717, 1.165) is 32.4 Å². The molecule has 0 atom stereocenters. The van der Waals surface area contributed by atoms with Crippen molar-refractivity contribution in [3.05, 3.63) is 70.3 Å². The molecular weight excluding hydrogens is 417 g/mol. The Balaban J connectivity index is 0.00000261. The number of carboxylic acids is 1.